The number of aliphatic imine (C=N–C) groups is 1. The second-order valence-electron chi connectivity index (χ2n) is 4.81. The van der Waals surface area contributed by atoms with E-state index in [-0.39, 0.29) is 6.04 Å². The van der Waals surface area contributed by atoms with E-state index in [0.29, 0.717) is 21.2 Å². The number of anilines is 1. The number of alkyl halides is 3. The van der Waals surface area contributed by atoms with Gasteiger partial charge in [-0.3, -0.25) is 4.99 Å². The summed E-state index contributed by atoms with van der Waals surface area (Å²) in [5, 5.41) is 3.64. The molecule has 1 aliphatic rings. The average molecular weight is 367 g/mol. The SMILES string of the molecule is CC1CSC(Nc2cc(Br)cc(C(F)(F)F)c2)=NC1C. The summed E-state index contributed by atoms with van der Waals surface area (Å²) in [4.78, 5) is 4.45. The first-order chi connectivity index (χ1) is 9.25. The van der Waals surface area contributed by atoms with E-state index >= 15 is 0 Å². The molecule has 1 aromatic rings. The fourth-order valence-electron chi connectivity index (χ4n) is 1.72. The molecule has 110 valence electrons. The number of rotatable bonds is 1. The Morgan fingerprint density at radius 2 is 2.00 bits per heavy atom. The standard InChI is InChI=1S/C13H14BrF3N2S/c1-7-6-20-12(18-8(7)2)19-11-4-9(13(15,16)17)3-10(14)5-11/h3-5,7-8H,6H2,1-2H3,(H,18,19). The second-order valence-corrected chi connectivity index (χ2v) is 6.74. The van der Waals surface area contributed by atoms with Crippen LogP contribution in [0.25, 0.3) is 0 Å². The molecule has 1 aliphatic heterocycles. The average Bonchev–Trinajstić information content (AvgIpc) is 2.32. The van der Waals surface area contributed by atoms with Crippen LogP contribution in [0, 0.1) is 5.92 Å². The molecular weight excluding hydrogens is 353 g/mol. The molecule has 2 unspecified atom stereocenters. The molecule has 2 nitrogen and oxygen atoms in total. The van der Waals surface area contributed by atoms with E-state index in [1.54, 1.807) is 6.07 Å². The summed E-state index contributed by atoms with van der Waals surface area (Å²) < 4.78 is 38.7. The van der Waals surface area contributed by atoms with Gasteiger partial charge in [0.2, 0.25) is 0 Å². The zero-order chi connectivity index (χ0) is 14.9. The van der Waals surface area contributed by atoms with Gasteiger partial charge < -0.3 is 5.32 Å². The highest BCUT2D eigenvalue weighted by Crippen LogP contribution is 2.34. The molecule has 0 saturated carbocycles. The van der Waals surface area contributed by atoms with Crippen LogP contribution in [0.5, 0.6) is 0 Å². The van der Waals surface area contributed by atoms with Gasteiger partial charge in [-0.25, -0.2) is 0 Å². The van der Waals surface area contributed by atoms with Gasteiger partial charge in [0.05, 0.1) is 11.6 Å². The Morgan fingerprint density at radius 1 is 1.30 bits per heavy atom. The monoisotopic (exact) mass is 366 g/mol. The van der Waals surface area contributed by atoms with Gasteiger partial charge in [0.15, 0.2) is 5.17 Å². The molecule has 0 spiro atoms. The predicted molar refractivity (Wildman–Crippen MR) is 81.3 cm³/mol. The number of hydrogen-bond acceptors (Lipinski definition) is 3. The highest BCUT2D eigenvalue weighted by atomic mass is 79.9. The molecular formula is C13H14BrF3N2S. The van der Waals surface area contributed by atoms with Crippen molar-refractivity contribution < 1.29 is 13.2 Å². The molecule has 1 N–H and O–H groups in total. The summed E-state index contributed by atoms with van der Waals surface area (Å²) in [6.45, 7) is 4.12. The molecule has 2 atom stereocenters. The quantitative estimate of drug-likeness (QED) is 0.755. The first-order valence-electron chi connectivity index (χ1n) is 6.11. The third-order valence-corrected chi connectivity index (χ3v) is 4.73. The van der Waals surface area contributed by atoms with Crippen LogP contribution in [-0.2, 0) is 6.18 Å². The molecule has 7 heteroatoms. The van der Waals surface area contributed by atoms with Crippen LogP contribution in [0.4, 0.5) is 18.9 Å². The summed E-state index contributed by atoms with van der Waals surface area (Å²) in [5.41, 5.74) is -0.295. The van der Waals surface area contributed by atoms with Crippen molar-refractivity contribution in [2.75, 3.05) is 11.1 Å². The molecule has 2 rings (SSSR count). The zero-order valence-corrected chi connectivity index (χ0v) is 13.4. The highest BCUT2D eigenvalue weighted by Gasteiger charge is 2.31. The van der Waals surface area contributed by atoms with Crippen LogP contribution in [0.2, 0.25) is 0 Å². The molecule has 0 aromatic heterocycles. The minimum atomic E-state index is -4.36. The van der Waals surface area contributed by atoms with E-state index in [4.69, 9.17) is 0 Å². The highest BCUT2D eigenvalue weighted by molar-refractivity contribution is 9.10. The molecule has 0 fully saturated rings. The lowest BCUT2D eigenvalue weighted by Gasteiger charge is -2.24. The third-order valence-electron chi connectivity index (χ3n) is 3.10. The van der Waals surface area contributed by atoms with Gasteiger partial charge in [0, 0.05) is 15.9 Å². The van der Waals surface area contributed by atoms with Gasteiger partial charge in [-0.05, 0) is 31.0 Å². The van der Waals surface area contributed by atoms with Crippen LogP contribution >= 0.6 is 27.7 Å². The summed E-state index contributed by atoms with van der Waals surface area (Å²) in [5.74, 6) is 1.38. The zero-order valence-electron chi connectivity index (χ0n) is 11.0. The molecule has 0 saturated heterocycles. The van der Waals surface area contributed by atoms with Gasteiger partial charge in [-0.15, -0.1) is 0 Å². The predicted octanol–water partition coefficient (Wildman–Crippen LogP) is 5.01. The third kappa shape index (κ3) is 3.91. The van der Waals surface area contributed by atoms with E-state index in [0.717, 1.165) is 17.9 Å². The topological polar surface area (TPSA) is 24.4 Å². The van der Waals surface area contributed by atoms with Crippen LogP contribution in [-0.4, -0.2) is 17.0 Å². The Kier molecular flexibility index (Phi) is 4.69. The van der Waals surface area contributed by atoms with E-state index in [1.165, 1.54) is 11.8 Å². The Hall–Kier alpha value is -0.690. The minimum Gasteiger partial charge on any atom is -0.335 e. The van der Waals surface area contributed by atoms with Crippen molar-refractivity contribution in [2.24, 2.45) is 10.9 Å². The second kappa shape index (κ2) is 5.97. The number of nitrogens with one attached hydrogen (secondary N) is 1. The fourth-order valence-corrected chi connectivity index (χ4v) is 3.34. The van der Waals surface area contributed by atoms with Gasteiger partial charge in [0.1, 0.15) is 0 Å². The Morgan fingerprint density at radius 3 is 2.60 bits per heavy atom. The van der Waals surface area contributed by atoms with Crippen molar-refractivity contribution >= 4 is 38.5 Å². The van der Waals surface area contributed by atoms with Crippen molar-refractivity contribution in [3.63, 3.8) is 0 Å². The molecule has 0 radical (unpaired) electrons. The van der Waals surface area contributed by atoms with E-state index in [2.05, 4.69) is 33.2 Å². The number of amidine groups is 1. The van der Waals surface area contributed by atoms with Gasteiger partial charge in [-0.2, -0.15) is 13.2 Å². The van der Waals surface area contributed by atoms with Crippen molar-refractivity contribution in [1.29, 1.82) is 0 Å². The number of benzene rings is 1. The maximum absolute atomic E-state index is 12.8. The largest absolute Gasteiger partial charge is 0.416 e. The lowest BCUT2D eigenvalue weighted by atomic mass is 10.1. The van der Waals surface area contributed by atoms with E-state index in [9.17, 15) is 13.2 Å². The summed E-state index contributed by atoms with van der Waals surface area (Å²) >= 11 is 4.64. The first kappa shape index (κ1) is 15.7. The summed E-state index contributed by atoms with van der Waals surface area (Å²) in [7, 11) is 0. The number of halogens is 4. The number of hydrogen-bond donors (Lipinski definition) is 1. The van der Waals surface area contributed by atoms with Gasteiger partial charge >= 0.3 is 6.18 Å². The normalized spacial score (nSPS) is 23.4. The lowest BCUT2D eigenvalue weighted by Crippen LogP contribution is -2.25. The van der Waals surface area contributed by atoms with Crippen molar-refractivity contribution in [3.8, 4) is 0 Å². The molecule has 0 bridgehead atoms. The molecule has 1 aromatic carbocycles. The van der Waals surface area contributed by atoms with Crippen molar-refractivity contribution in [1.82, 2.24) is 0 Å². The van der Waals surface area contributed by atoms with Crippen molar-refractivity contribution in [3.05, 3.63) is 28.2 Å². The lowest BCUT2D eigenvalue weighted by molar-refractivity contribution is -0.137. The number of thioether (sulfide) groups is 1. The Balaban J connectivity index is 2.22. The fraction of sp³-hybridized carbons (Fsp3) is 0.462. The maximum Gasteiger partial charge on any atom is 0.416 e. The minimum absolute atomic E-state index is 0.174. The van der Waals surface area contributed by atoms with Crippen LogP contribution < -0.4 is 5.32 Å². The maximum atomic E-state index is 12.8. The summed E-state index contributed by atoms with van der Waals surface area (Å²) in [6, 6.07) is 3.94. The summed E-state index contributed by atoms with van der Waals surface area (Å²) in [6.07, 6.45) is -4.36. The van der Waals surface area contributed by atoms with Gasteiger partial charge in [0.25, 0.3) is 0 Å². The van der Waals surface area contributed by atoms with Crippen LogP contribution in [0.1, 0.15) is 19.4 Å². The Bertz CT molecular complexity index is 531. The van der Waals surface area contributed by atoms with E-state index in [1.807, 2.05) is 6.92 Å². The van der Waals surface area contributed by atoms with E-state index < -0.39 is 11.7 Å². The molecule has 0 aliphatic carbocycles. The van der Waals surface area contributed by atoms with Gasteiger partial charge in [-0.1, -0.05) is 34.6 Å². The smallest absolute Gasteiger partial charge is 0.335 e. The molecule has 20 heavy (non-hydrogen) atoms. The molecule has 1 heterocycles. The number of nitrogens with zero attached hydrogens (tertiary/aromatic N) is 1. The van der Waals surface area contributed by atoms with Crippen molar-refractivity contribution in [2.45, 2.75) is 26.1 Å². The van der Waals surface area contributed by atoms with Crippen LogP contribution in [0.3, 0.4) is 0 Å². The Labute approximate surface area is 128 Å². The molecule has 0 amide bonds. The van der Waals surface area contributed by atoms with Crippen LogP contribution in [0.15, 0.2) is 27.7 Å². The first-order valence-corrected chi connectivity index (χ1v) is 7.89.